The highest BCUT2D eigenvalue weighted by molar-refractivity contribution is 14.0. The molecule has 0 radical (unpaired) electrons. The molecule has 0 bridgehead atoms. The summed E-state index contributed by atoms with van der Waals surface area (Å²) in [5.41, 5.74) is 0.00545. The first-order valence-corrected chi connectivity index (χ1v) is 9.58. The SMILES string of the molecule is CCNC(=NCC(O)COc1ccc([N+](=O)[O-])cc1)NC1CCCC(C)C1.I. The van der Waals surface area contributed by atoms with E-state index in [4.69, 9.17) is 4.74 Å². The molecule has 0 aromatic heterocycles. The van der Waals surface area contributed by atoms with E-state index >= 15 is 0 Å². The maximum Gasteiger partial charge on any atom is 0.269 e. The van der Waals surface area contributed by atoms with Crippen LogP contribution in [0.4, 0.5) is 5.69 Å². The van der Waals surface area contributed by atoms with E-state index < -0.39 is 11.0 Å². The Kier molecular flexibility index (Phi) is 11.1. The van der Waals surface area contributed by atoms with Gasteiger partial charge in [-0.15, -0.1) is 24.0 Å². The molecular formula is C19H31IN4O4. The number of nitrogens with one attached hydrogen (secondary N) is 2. The van der Waals surface area contributed by atoms with Crippen molar-refractivity contribution >= 4 is 35.6 Å². The van der Waals surface area contributed by atoms with Crippen LogP contribution < -0.4 is 15.4 Å². The summed E-state index contributed by atoms with van der Waals surface area (Å²) in [5.74, 6) is 1.91. The maximum absolute atomic E-state index is 10.6. The van der Waals surface area contributed by atoms with Gasteiger partial charge in [0, 0.05) is 24.7 Å². The summed E-state index contributed by atoms with van der Waals surface area (Å²) in [4.78, 5) is 14.6. The molecule has 0 saturated heterocycles. The van der Waals surface area contributed by atoms with Gasteiger partial charge in [-0.25, -0.2) is 0 Å². The fraction of sp³-hybridized carbons (Fsp3) is 0.632. The lowest BCUT2D eigenvalue weighted by atomic mass is 9.87. The number of non-ortho nitro benzene ring substituents is 1. The minimum atomic E-state index is -0.763. The number of guanidine groups is 1. The monoisotopic (exact) mass is 506 g/mol. The molecule has 3 atom stereocenters. The van der Waals surface area contributed by atoms with Gasteiger partial charge in [-0.3, -0.25) is 15.1 Å². The molecule has 28 heavy (non-hydrogen) atoms. The third-order valence-electron chi connectivity index (χ3n) is 4.57. The van der Waals surface area contributed by atoms with Crippen molar-refractivity contribution in [3.05, 3.63) is 34.4 Å². The van der Waals surface area contributed by atoms with Crippen LogP contribution in [0, 0.1) is 16.0 Å². The van der Waals surface area contributed by atoms with Gasteiger partial charge in [-0.1, -0.05) is 19.8 Å². The largest absolute Gasteiger partial charge is 0.491 e. The van der Waals surface area contributed by atoms with E-state index in [-0.39, 0.29) is 42.8 Å². The summed E-state index contributed by atoms with van der Waals surface area (Å²) in [5, 5.41) is 27.4. The van der Waals surface area contributed by atoms with Gasteiger partial charge in [0.25, 0.3) is 5.69 Å². The first-order valence-electron chi connectivity index (χ1n) is 9.58. The Morgan fingerprint density at radius 2 is 2.11 bits per heavy atom. The van der Waals surface area contributed by atoms with E-state index in [1.165, 1.54) is 37.1 Å². The predicted molar refractivity (Wildman–Crippen MR) is 121 cm³/mol. The van der Waals surface area contributed by atoms with Gasteiger partial charge in [0.05, 0.1) is 11.5 Å². The molecule has 1 saturated carbocycles. The second kappa shape index (κ2) is 12.8. The molecule has 2 rings (SSSR count). The van der Waals surface area contributed by atoms with Crippen molar-refractivity contribution in [3.8, 4) is 5.75 Å². The normalized spacial score (nSPS) is 20.6. The summed E-state index contributed by atoms with van der Waals surface area (Å²) >= 11 is 0. The average Bonchev–Trinajstić information content (AvgIpc) is 2.65. The number of aliphatic hydroxyl groups excluding tert-OH is 1. The molecule has 9 heteroatoms. The van der Waals surface area contributed by atoms with Crippen molar-refractivity contribution in [1.82, 2.24) is 10.6 Å². The van der Waals surface area contributed by atoms with E-state index in [9.17, 15) is 15.2 Å². The van der Waals surface area contributed by atoms with Gasteiger partial charge in [-0.05, 0) is 37.8 Å². The second-order valence-electron chi connectivity index (χ2n) is 7.05. The average molecular weight is 506 g/mol. The fourth-order valence-electron chi connectivity index (χ4n) is 3.18. The number of nitro groups is 1. The highest BCUT2D eigenvalue weighted by atomic mass is 127. The molecular weight excluding hydrogens is 475 g/mol. The zero-order valence-electron chi connectivity index (χ0n) is 16.5. The van der Waals surface area contributed by atoms with Crippen LogP contribution in [0.25, 0.3) is 0 Å². The van der Waals surface area contributed by atoms with E-state index in [1.807, 2.05) is 6.92 Å². The number of halogens is 1. The molecule has 0 amide bonds. The van der Waals surface area contributed by atoms with Crippen LogP contribution in [0.1, 0.15) is 39.5 Å². The van der Waals surface area contributed by atoms with Gasteiger partial charge in [0.15, 0.2) is 5.96 Å². The van der Waals surface area contributed by atoms with Gasteiger partial charge < -0.3 is 20.5 Å². The molecule has 1 aromatic rings. The molecule has 3 N–H and O–H groups in total. The maximum atomic E-state index is 10.6. The van der Waals surface area contributed by atoms with Crippen LogP contribution in [0.15, 0.2) is 29.3 Å². The molecule has 8 nitrogen and oxygen atoms in total. The number of hydrogen-bond acceptors (Lipinski definition) is 5. The number of ether oxygens (including phenoxy) is 1. The number of benzene rings is 1. The van der Waals surface area contributed by atoms with Crippen LogP contribution in [-0.4, -0.2) is 47.8 Å². The fourth-order valence-corrected chi connectivity index (χ4v) is 3.18. The predicted octanol–water partition coefficient (Wildman–Crippen LogP) is 3.09. The van der Waals surface area contributed by atoms with Gasteiger partial charge in [-0.2, -0.15) is 0 Å². The van der Waals surface area contributed by atoms with Gasteiger partial charge in [0.1, 0.15) is 18.5 Å². The standard InChI is InChI=1S/C19H30N4O4.HI/c1-3-20-19(22-15-6-4-5-14(2)11-15)21-12-17(24)13-27-18-9-7-16(8-10-18)23(25)26;/h7-10,14-15,17,24H,3-6,11-13H2,1-2H3,(H2,20,21,22);1H. The Morgan fingerprint density at radius 1 is 1.39 bits per heavy atom. The minimum absolute atomic E-state index is 0. The highest BCUT2D eigenvalue weighted by Crippen LogP contribution is 2.23. The van der Waals surface area contributed by atoms with Crippen molar-refractivity contribution in [2.24, 2.45) is 10.9 Å². The second-order valence-corrected chi connectivity index (χ2v) is 7.05. The molecule has 3 unspecified atom stereocenters. The van der Waals surface area contributed by atoms with Gasteiger partial charge in [0.2, 0.25) is 0 Å². The van der Waals surface area contributed by atoms with E-state index in [2.05, 4.69) is 22.5 Å². The third kappa shape index (κ3) is 8.59. The summed E-state index contributed by atoms with van der Waals surface area (Å²) in [6.07, 6.45) is 4.02. The number of nitro benzene ring substituents is 1. The smallest absolute Gasteiger partial charge is 0.269 e. The Balaban J connectivity index is 0.00000392. The lowest BCUT2D eigenvalue weighted by Crippen LogP contribution is -2.45. The molecule has 0 heterocycles. The van der Waals surface area contributed by atoms with Crippen molar-refractivity contribution < 1.29 is 14.8 Å². The minimum Gasteiger partial charge on any atom is -0.491 e. The van der Waals surface area contributed by atoms with Crippen LogP contribution in [0.5, 0.6) is 5.75 Å². The quantitative estimate of drug-likeness (QED) is 0.164. The Labute approximate surface area is 183 Å². The van der Waals surface area contributed by atoms with Crippen molar-refractivity contribution in [2.45, 2.75) is 51.7 Å². The first-order chi connectivity index (χ1) is 13.0. The number of hydrogen-bond donors (Lipinski definition) is 3. The molecule has 1 aliphatic rings. The molecule has 0 spiro atoms. The van der Waals surface area contributed by atoms with E-state index in [1.54, 1.807) is 0 Å². The third-order valence-corrected chi connectivity index (χ3v) is 4.57. The van der Waals surface area contributed by atoms with E-state index in [0.717, 1.165) is 25.3 Å². The Hall–Kier alpha value is -1.62. The number of nitrogens with zero attached hydrogens (tertiary/aromatic N) is 2. The summed E-state index contributed by atoms with van der Waals surface area (Å²) in [7, 11) is 0. The molecule has 158 valence electrons. The van der Waals surface area contributed by atoms with Crippen molar-refractivity contribution in [3.63, 3.8) is 0 Å². The zero-order valence-corrected chi connectivity index (χ0v) is 18.8. The molecule has 1 aliphatic carbocycles. The van der Waals surface area contributed by atoms with Gasteiger partial charge >= 0.3 is 0 Å². The molecule has 1 fully saturated rings. The molecule has 0 aliphatic heterocycles. The van der Waals surface area contributed by atoms with Crippen molar-refractivity contribution in [2.75, 3.05) is 19.7 Å². The number of aliphatic imine (C=N–C) groups is 1. The van der Waals surface area contributed by atoms with Crippen LogP contribution >= 0.6 is 24.0 Å². The summed E-state index contributed by atoms with van der Waals surface area (Å²) < 4.78 is 5.48. The van der Waals surface area contributed by atoms with Crippen LogP contribution in [-0.2, 0) is 0 Å². The lowest BCUT2D eigenvalue weighted by Gasteiger charge is -2.29. The lowest BCUT2D eigenvalue weighted by molar-refractivity contribution is -0.384. The molecule has 1 aromatic carbocycles. The van der Waals surface area contributed by atoms with Crippen LogP contribution in [0.3, 0.4) is 0 Å². The summed E-state index contributed by atoms with van der Waals surface area (Å²) in [6.45, 7) is 5.32. The number of aliphatic hydroxyl groups is 1. The van der Waals surface area contributed by atoms with Crippen LogP contribution in [0.2, 0.25) is 0 Å². The number of rotatable bonds is 8. The topological polar surface area (TPSA) is 109 Å². The Bertz CT molecular complexity index is 627. The zero-order chi connectivity index (χ0) is 19.6. The van der Waals surface area contributed by atoms with Crippen molar-refractivity contribution in [1.29, 1.82) is 0 Å². The van der Waals surface area contributed by atoms with E-state index in [0.29, 0.717) is 17.8 Å². The summed E-state index contributed by atoms with van der Waals surface area (Å²) in [6, 6.07) is 6.20. The first kappa shape index (κ1) is 24.4. The Morgan fingerprint density at radius 3 is 2.71 bits per heavy atom. The highest BCUT2D eigenvalue weighted by Gasteiger charge is 2.19.